The quantitative estimate of drug-likeness (QED) is 0.832. The molecule has 1 N–H and O–H groups in total. The van der Waals surface area contributed by atoms with Crippen LogP contribution in [0, 0.1) is 0 Å². The largest absolute Gasteiger partial charge is 0.323 e. The molecule has 0 spiro atoms. The van der Waals surface area contributed by atoms with E-state index in [1.54, 1.807) is 42.5 Å². The average Bonchev–Trinajstić information content (AvgIpc) is 2.83. The highest BCUT2D eigenvalue weighted by Crippen LogP contribution is 2.05. The Morgan fingerprint density at radius 3 is 2.75 bits per heavy atom. The predicted molar refractivity (Wildman–Crippen MR) is 58.1 cm³/mol. The summed E-state index contributed by atoms with van der Waals surface area (Å²) in [5.41, 5.74) is 0.586. The Hall–Kier alpha value is -2.24. The van der Waals surface area contributed by atoms with E-state index in [2.05, 4.69) is 20.4 Å². The van der Waals surface area contributed by atoms with E-state index in [1.165, 1.54) is 0 Å². The van der Waals surface area contributed by atoms with Gasteiger partial charge in [0.1, 0.15) is 0 Å². The molecular weight excluding hydrogens is 206 g/mol. The molecule has 0 unspecified atom stereocenters. The van der Waals surface area contributed by atoms with Gasteiger partial charge in [0.2, 0.25) is 5.91 Å². The summed E-state index contributed by atoms with van der Waals surface area (Å²) in [5.74, 6) is 0.412. The Bertz CT molecular complexity index is 462. The molecule has 0 bridgehead atoms. The van der Waals surface area contributed by atoms with Gasteiger partial charge < -0.3 is 5.32 Å². The van der Waals surface area contributed by atoms with Crippen LogP contribution in [-0.4, -0.2) is 25.7 Å². The summed E-state index contributed by atoms with van der Waals surface area (Å²) in [6.07, 6.45) is 6.94. The zero-order chi connectivity index (χ0) is 11.4. The van der Waals surface area contributed by atoms with Crippen molar-refractivity contribution in [2.75, 3.05) is 5.32 Å². The molecule has 0 aliphatic rings. The molecule has 0 saturated carbocycles. The lowest BCUT2D eigenvalue weighted by Crippen LogP contribution is -2.10. The third-order valence-electron chi connectivity index (χ3n) is 1.95. The van der Waals surface area contributed by atoms with Gasteiger partial charge in [-0.25, -0.2) is 14.6 Å². The molecule has 2 aromatic rings. The Balaban J connectivity index is 2.14. The lowest BCUT2D eigenvalue weighted by molar-refractivity contribution is -0.115. The molecule has 0 aliphatic heterocycles. The van der Waals surface area contributed by atoms with E-state index >= 15 is 0 Å². The van der Waals surface area contributed by atoms with Crippen molar-refractivity contribution >= 4 is 11.6 Å². The molecule has 0 radical (unpaired) electrons. The van der Waals surface area contributed by atoms with Crippen LogP contribution < -0.4 is 5.32 Å². The number of hydrogen-bond donors (Lipinski definition) is 1. The van der Waals surface area contributed by atoms with Crippen molar-refractivity contribution in [1.29, 1.82) is 0 Å². The van der Waals surface area contributed by atoms with Gasteiger partial charge >= 0.3 is 0 Å². The van der Waals surface area contributed by atoms with Gasteiger partial charge in [-0.15, -0.1) is 0 Å². The lowest BCUT2D eigenvalue weighted by Gasteiger charge is -2.03. The van der Waals surface area contributed by atoms with Crippen LogP contribution >= 0.6 is 0 Å². The van der Waals surface area contributed by atoms with Crippen molar-refractivity contribution in [2.45, 2.75) is 13.3 Å². The topological polar surface area (TPSA) is 72.7 Å². The first kappa shape index (κ1) is 10.3. The third kappa shape index (κ3) is 2.22. The lowest BCUT2D eigenvalue weighted by atomic mass is 10.4. The van der Waals surface area contributed by atoms with Crippen molar-refractivity contribution < 1.29 is 4.79 Å². The minimum Gasteiger partial charge on any atom is -0.323 e. The summed E-state index contributed by atoms with van der Waals surface area (Å²) in [6, 6.07) is 1.79. The fourth-order valence-corrected chi connectivity index (χ4v) is 1.14. The van der Waals surface area contributed by atoms with Crippen LogP contribution in [0.3, 0.4) is 0 Å². The van der Waals surface area contributed by atoms with Crippen LogP contribution in [0.5, 0.6) is 0 Å². The van der Waals surface area contributed by atoms with E-state index in [0.717, 1.165) is 0 Å². The zero-order valence-corrected chi connectivity index (χ0v) is 8.79. The first-order valence-corrected chi connectivity index (χ1v) is 4.91. The number of nitrogens with zero attached hydrogens (tertiary/aromatic N) is 4. The Labute approximate surface area is 92.3 Å². The van der Waals surface area contributed by atoms with Gasteiger partial charge in [0.25, 0.3) is 5.95 Å². The summed E-state index contributed by atoms with van der Waals surface area (Å²) in [4.78, 5) is 19.3. The van der Waals surface area contributed by atoms with Gasteiger partial charge in [-0.2, -0.15) is 5.10 Å². The van der Waals surface area contributed by atoms with Crippen LogP contribution in [0.2, 0.25) is 0 Å². The molecule has 2 heterocycles. The molecule has 6 nitrogen and oxygen atoms in total. The molecule has 2 rings (SSSR count). The van der Waals surface area contributed by atoms with Crippen molar-refractivity contribution in [3.05, 3.63) is 30.9 Å². The molecule has 16 heavy (non-hydrogen) atoms. The normalized spacial score (nSPS) is 10.1. The van der Waals surface area contributed by atoms with E-state index in [9.17, 15) is 4.79 Å². The number of carbonyl (C=O) groups is 1. The second-order valence-corrected chi connectivity index (χ2v) is 3.12. The van der Waals surface area contributed by atoms with Gasteiger partial charge in [0, 0.05) is 18.8 Å². The first-order chi connectivity index (χ1) is 7.79. The van der Waals surface area contributed by atoms with Crippen LogP contribution in [0.25, 0.3) is 5.95 Å². The molecule has 0 atom stereocenters. The number of nitrogens with one attached hydrogen (secondary N) is 1. The number of amides is 1. The maximum atomic E-state index is 11.1. The number of anilines is 1. The van der Waals surface area contributed by atoms with Crippen LogP contribution in [0.15, 0.2) is 30.9 Å². The molecule has 0 saturated heterocycles. The van der Waals surface area contributed by atoms with E-state index in [-0.39, 0.29) is 5.91 Å². The summed E-state index contributed by atoms with van der Waals surface area (Å²) < 4.78 is 1.55. The second-order valence-electron chi connectivity index (χ2n) is 3.12. The highest BCUT2D eigenvalue weighted by Gasteiger charge is 2.02. The summed E-state index contributed by atoms with van der Waals surface area (Å²) in [7, 11) is 0. The van der Waals surface area contributed by atoms with E-state index in [4.69, 9.17) is 0 Å². The molecular formula is C10H11N5O. The maximum Gasteiger partial charge on any atom is 0.250 e. The number of rotatable bonds is 3. The number of carbonyl (C=O) groups excluding carboxylic acids is 1. The number of hydrogen-bond acceptors (Lipinski definition) is 4. The minimum atomic E-state index is -0.0598. The highest BCUT2D eigenvalue weighted by atomic mass is 16.1. The fraction of sp³-hybridized carbons (Fsp3) is 0.200. The monoisotopic (exact) mass is 217 g/mol. The Morgan fingerprint density at radius 1 is 1.44 bits per heavy atom. The molecule has 82 valence electrons. The van der Waals surface area contributed by atoms with Crippen LogP contribution in [0.1, 0.15) is 13.3 Å². The van der Waals surface area contributed by atoms with Crippen LogP contribution in [0.4, 0.5) is 5.69 Å². The highest BCUT2D eigenvalue weighted by molar-refractivity contribution is 5.90. The minimum absolute atomic E-state index is 0.0598. The molecule has 0 fully saturated rings. The van der Waals surface area contributed by atoms with Crippen molar-refractivity contribution in [1.82, 2.24) is 19.7 Å². The smallest absolute Gasteiger partial charge is 0.250 e. The maximum absolute atomic E-state index is 11.1. The standard InChI is InChI=1S/C10H11N5O/c1-2-9(16)14-8-6-11-10(12-7-8)15-5-3-4-13-15/h3-7H,2H2,1H3,(H,14,16). The predicted octanol–water partition coefficient (Wildman–Crippen LogP) is 1.01. The molecule has 0 aromatic carbocycles. The second kappa shape index (κ2) is 4.52. The zero-order valence-electron chi connectivity index (χ0n) is 8.79. The molecule has 0 aliphatic carbocycles. The van der Waals surface area contributed by atoms with Crippen molar-refractivity contribution in [3.8, 4) is 5.95 Å². The van der Waals surface area contributed by atoms with E-state index < -0.39 is 0 Å². The van der Waals surface area contributed by atoms with Gasteiger partial charge in [-0.1, -0.05) is 6.92 Å². The molecule has 6 heteroatoms. The van der Waals surface area contributed by atoms with Gasteiger partial charge in [0.05, 0.1) is 18.1 Å². The van der Waals surface area contributed by atoms with Gasteiger partial charge in [0.15, 0.2) is 0 Å². The summed E-state index contributed by atoms with van der Waals surface area (Å²) in [6.45, 7) is 1.79. The van der Waals surface area contributed by atoms with Crippen LogP contribution in [-0.2, 0) is 4.79 Å². The van der Waals surface area contributed by atoms with E-state index in [1.807, 2.05) is 0 Å². The Morgan fingerprint density at radius 2 is 2.19 bits per heavy atom. The fourth-order valence-electron chi connectivity index (χ4n) is 1.14. The Kier molecular flexibility index (Phi) is 2.90. The van der Waals surface area contributed by atoms with Gasteiger partial charge in [-0.3, -0.25) is 4.79 Å². The molecule has 2 aromatic heterocycles. The van der Waals surface area contributed by atoms with Gasteiger partial charge in [-0.05, 0) is 6.07 Å². The molecule has 1 amide bonds. The van der Waals surface area contributed by atoms with Crippen molar-refractivity contribution in [2.24, 2.45) is 0 Å². The summed E-state index contributed by atoms with van der Waals surface area (Å²) in [5, 5.41) is 6.67. The average molecular weight is 217 g/mol. The first-order valence-electron chi connectivity index (χ1n) is 4.91. The third-order valence-corrected chi connectivity index (χ3v) is 1.95. The van der Waals surface area contributed by atoms with Crippen molar-refractivity contribution in [3.63, 3.8) is 0 Å². The SMILES string of the molecule is CCC(=O)Nc1cnc(-n2cccn2)nc1. The summed E-state index contributed by atoms with van der Waals surface area (Å²) >= 11 is 0. The van der Waals surface area contributed by atoms with E-state index in [0.29, 0.717) is 18.1 Å². The number of aromatic nitrogens is 4.